The molecule has 0 aliphatic rings. The van der Waals surface area contributed by atoms with Gasteiger partial charge in [-0.25, -0.2) is 4.98 Å². The van der Waals surface area contributed by atoms with E-state index >= 15 is 0 Å². The second-order valence-electron chi connectivity index (χ2n) is 5.39. The number of anilines is 1. The number of carbonyl (C=O) groups excluding carboxylic acids is 2. The average molecular weight is 314 g/mol. The Hall–Kier alpha value is -2.63. The molecule has 0 spiro atoms. The molecule has 0 bridgehead atoms. The number of para-hydroxylation sites is 1. The lowest BCUT2D eigenvalue weighted by Crippen LogP contribution is -2.22. The summed E-state index contributed by atoms with van der Waals surface area (Å²) in [6, 6.07) is 7.74. The molecule has 2 amide bonds. The van der Waals surface area contributed by atoms with Crippen molar-refractivity contribution in [1.29, 1.82) is 0 Å². The van der Waals surface area contributed by atoms with Crippen LogP contribution < -0.4 is 10.6 Å². The molecule has 0 radical (unpaired) electrons. The molecule has 122 valence electrons. The van der Waals surface area contributed by atoms with E-state index in [4.69, 9.17) is 0 Å². The van der Waals surface area contributed by atoms with Crippen LogP contribution in [0.15, 0.2) is 36.7 Å². The van der Waals surface area contributed by atoms with Gasteiger partial charge in [-0.15, -0.1) is 0 Å². The minimum absolute atomic E-state index is 0.0508. The Labute approximate surface area is 135 Å². The van der Waals surface area contributed by atoms with E-state index in [9.17, 15) is 9.59 Å². The molecule has 23 heavy (non-hydrogen) atoms. The van der Waals surface area contributed by atoms with Crippen molar-refractivity contribution in [2.45, 2.75) is 33.2 Å². The van der Waals surface area contributed by atoms with Crippen molar-refractivity contribution in [3.8, 4) is 0 Å². The minimum atomic E-state index is -0.0774. The second-order valence-corrected chi connectivity index (χ2v) is 5.39. The molecule has 0 saturated carbocycles. The topological polar surface area (TPSA) is 76.0 Å². The van der Waals surface area contributed by atoms with Crippen molar-refractivity contribution in [2.75, 3.05) is 11.9 Å². The van der Waals surface area contributed by atoms with Gasteiger partial charge >= 0.3 is 0 Å². The highest BCUT2D eigenvalue weighted by Crippen LogP contribution is 2.17. The van der Waals surface area contributed by atoms with Gasteiger partial charge in [-0.1, -0.05) is 18.2 Å². The van der Waals surface area contributed by atoms with Crippen LogP contribution in [0.5, 0.6) is 0 Å². The number of hydrogen-bond acceptors (Lipinski definition) is 3. The van der Waals surface area contributed by atoms with E-state index in [1.165, 1.54) is 6.92 Å². The number of amides is 2. The molecule has 0 saturated heterocycles. The molecule has 0 aliphatic carbocycles. The first-order chi connectivity index (χ1) is 11.1. The molecule has 2 rings (SSSR count). The third-order valence-corrected chi connectivity index (χ3v) is 3.51. The van der Waals surface area contributed by atoms with E-state index in [-0.39, 0.29) is 11.8 Å². The van der Waals surface area contributed by atoms with Crippen LogP contribution in [0.25, 0.3) is 0 Å². The summed E-state index contributed by atoms with van der Waals surface area (Å²) in [5, 5.41) is 5.63. The SMILES string of the molecule is CC(=O)NCCCC(=O)Nc1ccccc1Cn1ccnc1C. The van der Waals surface area contributed by atoms with Gasteiger partial charge in [-0.2, -0.15) is 0 Å². The number of rotatable bonds is 7. The summed E-state index contributed by atoms with van der Waals surface area (Å²) < 4.78 is 2.03. The van der Waals surface area contributed by atoms with E-state index in [0.29, 0.717) is 25.9 Å². The van der Waals surface area contributed by atoms with Gasteiger partial charge < -0.3 is 15.2 Å². The molecule has 1 aromatic carbocycles. The zero-order valence-electron chi connectivity index (χ0n) is 13.5. The van der Waals surface area contributed by atoms with Gasteiger partial charge in [0.05, 0.1) is 6.54 Å². The zero-order valence-corrected chi connectivity index (χ0v) is 13.5. The van der Waals surface area contributed by atoms with Gasteiger partial charge in [-0.05, 0) is 25.0 Å². The van der Waals surface area contributed by atoms with Gasteiger partial charge in [0, 0.05) is 38.0 Å². The highest BCUT2D eigenvalue weighted by Gasteiger charge is 2.08. The van der Waals surface area contributed by atoms with Crippen LogP contribution in [-0.2, 0) is 16.1 Å². The number of nitrogens with one attached hydrogen (secondary N) is 2. The van der Waals surface area contributed by atoms with E-state index in [1.807, 2.05) is 42.0 Å². The Morgan fingerprint density at radius 2 is 2.04 bits per heavy atom. The van der Waals surface area contributed by atoms with Gasteiger partial charge in [0.2, 0.25) is 11.8 Å². The van der Waals surface area contributed by atoms with E-state index in [2.05, 4.69) is 15.6 Å². The fraction of sp³-hybridized carbons (Fsp3) is 0.353. The first-order valence-electron chi connectivity index (χ1n) is 7.66. The number of carbonyl (C=O) groups is 2. The van der Waals surface area contributed by atoms with Crippen LogP contribution in [0.2, 0.25) is 0 Å². The largest absolute Gasteiger partial charge is 0.356 e. The van der Waals surface area contributed by atoms with Gasteiger partial charge in [0.1, 0.15) is 5.82 Å². The summed E-state index contributed by atoms with van der Waals surface area (Å²) in [6.07, 6.45) is 4.67. The molecule has 0 fully saturated rings. The van der Waals surface area contributed by atoms with Crippen LogP contribution in [0.3, 0.4) is 0 Å². The maximum absolute atomic E-state index is 12.0. The Morgan fingerprint density at radius 3 is 2.74 bits per heavy atom. The molecule has 2 N–H and O–H groups in total. The zero-order chi connectivity index (χ0) is 16.7. The first kappa shape index (κ1) is 16.7. The maximum atomic E-state index is 12.0. The number of nitrogens with zero attached hydrogens (tertiary/aromatic N) is 2. The number of aryl methyl sites for hydroxylation is 1. The minimum Gasteiger partial charge on any atom is -0.356 e. The summed E-state index contributed by atoms with van der Waals surface area (Å²) in [6.45, 7) is 4.59. The van der Waals surface area contributed by atoms with Crippen LogP contribution >= 0.6 is 0 Å². The van der Waals surface area contributed by atoms with Crippen LogP contribution in [0.4, 0.5) is 5.69 Å². The summed E-state index contributed by atoms with van der Waals surface area (Å²) in [7, 11) is 0. The third kappa shape index (κ3) is 5.25. The molecule has 6 nitrogen and oxygen atoms in total. The van der Waals surface area contributed by atoms with Crippen molar-refractivity contribution < 1.29 is 9.59 Å². The average Bonchev–Trinajstić information content (AvgIpc) is 2.91. The normalized spacial score (nSPS) is 10.3. The highest BCUT2D eigenvalue weighted by molar-refractivity contribution is 5.91. The van der Waals surface area contributed by atoms with Crippen LogP contribution in [0.1, 0.15) is 31.2 Å². The quantitative estimate of drug-likeness (QED) is 0.768. The third-order valence-electron chi connectivity index (χ3n) is 3.51. The predicted octanol–water partition coefficient (Wildman–Crippen LogP) is 2.09. The Bertz CT molecular complexity index is 679. The monoisotopic (exact) mass is 314 g/mol. The molecule has 2 aromatic rings. The molecular formula is C17H22N4O2. The molecule has 0 aliphatic heterocycles. The van der Waals surface area contributed by atoms with Crippen LogP contribution in [0, 0.1) is 6.92 Å². The molecule has 0 atom stereocenters. The molecule has 0 unspecified atom stereocenters. The molecule has 1 heterocycles. The molecular weight excluding hydrogens is 292 g/mol. The predicted molar refractivity (Wildman–Crippen MR) is 89.1 cm³/mol. The number of imidazole rings is 1. The molecule has 1 aromatic heterocycles. The van der Waals surface area contributed by atoms with E-state index < -0.39 is 0 Å². The van der Waals surface area contributed by atoms with Crippen molar-refractivity contribution in [1.82, 2.24) is 14.9 Å². The Kier molecular flexibility index (Phi) is 5.91. The Morgan fingerprint density at radius 1 is 1.26 bits per heavy atom. The van der Waals surface area contributed by atoms with Gasteiger partial charge in [-0.3, -0.25) is 9.59 Å². The second kappa shape index (κ2) is 8.12. The summed E-state index contributed by atoms with van der Waals surface area (Å²) in [4.78, 5) is 27.0. The lowest BCUT2D eigenvalue weighted by molar-refractivity contribution is -0.119. The maximum Gasteiger partial charge on any atom is 0.224 e. The standard InChI is InChI=1S/C17H22N4O2/c1-13-18-10-11-21(13)12-15-6-3-4-7-16(15)20-17(23)8-5-9-19-14(2)22/h3-4,6-7,10-11H,5,8-9,12H2,1-2H3,(H,19,22)(H,20,23). The lowest BCUT2D eigenvalue weighted by atomic mass is 10.1. The van der Waals surface area contributed by atoms with Crippen LogP contribution in [-0.4, -0.2) is 27.9 Å². The van der Waals surface area contributed by atoms with E-state index in [1.54, 1.807) is 6.20 Å². The van der Waals surface area contributed by atoms with Crippen molar-refractivity contribution >= 4 is 17.5 Å². The summed E-state index contributed by atoms with van der Waals surface area (Å²) >= 11 is 0. The lowest BCUT2D eigenvalue weighted by Gasteiger charge is -2.12. The fourth-order valence-corrected chi connectivity index (χ4v) is 2.26. The highest BCUT2D eigenvalue weighted by atomic mass is 16.2. The first-order valence-corrected chi connectivity index (χ1v) is 7.66. The van der Waals surface area contributed by atoms with Crippen molar-refractivity contribution in [2.24, 2.45) is 0 Å². The fourth-order valence-electron chi connectivity index (χ4n) is 2.26. The number of aromatic nitrogens is 2. The van der Waals surface area contributed by atoms with Gasteiger partial charge in [0.25, 0.3) is 0 Å². The van der Waals surface area contributed by atoms with Gasteiger partial charge in [0.15, 0.2) is 0 Å². The van der Waals surface area contributed by atoms with Crippen molar-refractivity contribution in [3.63, 3.8) is 0 Å². The summed E-state index contributed by atoms with van der Waals surface area (Å²) in [5.74, 6) is 0.804. The molecule has 6 heteroatoms. The number of hydrogen-bond donors (Lipinski definition) is 2. The summed E-state index contributed by atoms with van der Waals surface area (Å²) in [5.41, 5.74) is 1.84. The number of benzene rings is 1. The smallest absolute Gasteiger partial charge is 0.224 e. The Balaban J connectivity index is 1.93. The van der Waals surface area contributed by atoms with Crippen molar-refractivity contribution in [3.05, 3.63) is 48.0 Å². The van der Waals surface area contributed by atoms with E-state index in [0.717, 1.165) is 17.1 Å².